The summed E-state index contributed by atoms with van der Waals surface area (Å²) in [5.41, 5.74) is 1.64. The van der Waals surface area contributed by atoms with Crippen molar-refractivity contribution in [1.82, 2.24) is 5.32 Å². The van der Waals surface area contributed by atoms with E-state index in [2.05, 4.69) is 55.7 Å². The summed E-state index contributed by atoms with van der Waals surface area (Å²) in [6, 6.07) is 9.11. The van der Waals surface area contributed by atoms with Gasteiger partial charge in [-0.1, -0.05) is 20.8 Å². The number of piperidine rings is 1. The van der Waals surface area contributed by atoms with Crippen LogP contribution in [-0.2, 0) is 0 Å². The van der Waals surface area contributed by atoms with Crippen molar-refractivity contribution in [3.63, 3.8) is 0 Å². The van der Waals surface area contributed by atoms with Gasteiger partial charge >= 0.3 is 0 Å². The molecule has 3 rings (SSSR count). The summed E-state index contributed by atoms with van der Waals surface area (Å²) < 4.78 is 6.22. The summed E-state index contributed by atoms with van der Waals surface area (Å²) in [5, 5.41) is 7.06. The van der Waals surface area contributed by atoms with Gasteiger partial charge in [-0.2, -0.15) is 0 Å². The molecular formula is C21H34N2O. The summed E-state index contributed by atoms with van der Waals surface area (Å²) >= 11 is 0. The minimum Gasteiger partial charge on any atom is -0.490 e. The molecule has 1 aliphatic carbocycles. The third-order valence-electron chi connectivity index (χ3n) is 5.72. The van der Waals surface area contributed by atoms with Crippen molar-refractivity contribution < 1.29 is 4.74 Å². The van der Waals surface area contributed by atoms with E-state index in [-0.39, 0.29) is 0 Å². The summed E-state index contributed by atoms with van der Waals surface area (Å²) in [5.74, 6) is 1.86. The number of nitrogens with one attached hydrogen (secondary N) is 2. The lowest BCUT2D eigenvalue weighted by atomic mass is 9.72. The fourth-order valence-electron chi connectivity index (χ4n) is 4.08. The first-order chi connectivity index (χ1) is 11.5. The normalized spacial score (nSPS) is 28.4. The Balaban J connectivity index is 1.46. The van der Waals surface area contributed by atoms with Gasteiger partial charge in [-0.25, -0.2) is 0 Å². The second-order valence-electron chi connectivity index (χ2n) is 8.67. The fourth-order valence-corrected chi connectivity index (χ4v) is 4.08. The molecule has 1 aliphatic heterocycles. The summed E-state index contributed by atoms with van der Waals surface area (Å²) in [7, 11) is 0. The van der Waals surface area contributed by atoms with Crippen LogP contribution in [0.5, 0.6) is 5.75 Å². The SMILES string of the molecule is CC(C)(C)[C@H]1CC[C@H](Oc2ccc(NC3CCCNC3)cc2)CC1. The minimum absolute atomic E-state index is 0.393. The van der Waals surface area contributed by atoms with E-state index in [1.54, 1.807) is 0 Å². The molecule has 0 bridgehead atoms. The summed E-state index contributed by atoms with van der Waals surface area (Å²) in [4.78, 5) is 0. The number of hydrogen-bond donors (Lipinski definition) is 2. The van der Waals surface area contributed by atoms with Gasteiger partial charge in [0.2, 0.25) is 0 Å². The highest BCUT2D eigenvalue weighted by Gasteiger charge is 2.30. The maximum atomic E-state index is 6.22. The Morgan fingerprint density at radius 2 is 1.71 bits per heavy atom. The molecule has 1 atom stereocenters. The second-order valence-corrected chi connectivity index (χ2v) is 8.67. The Hall–Kier alpha value is -1.22. The van der Waals surface area contributed by atoms with Crippen LogP contribution in [0.4, 0.5) is 5.69 Å². The van der Waals surface area contributed by atoms with E-state index in [0.29, 0.717) is 17.6 Å². The highest BCUT2D eigenvalue weighted by Crippen LogP contribution is 2.38. The smallest absolute Gasteiger partial charge is 0.119 e. The Morgan fingerprint density at radius 1 is 1.00 bits per heavy atom. The zero-order valence-electron chi connectivity index (χ0n) is 15.6. The predicted octanol–water partition coefficient (Wildman–Crippen LogP) is 4.83. The van der Waals surface area contributed by atoms with Crippen molar-refractivity contribution in [2.45, 2.75) is 71.4 Å². The third-order valence-corrected chi connectivity index (χ3v) is 5.72. The summed E-state index contributed by atoms with van der Waals surface area (Å²) in [6.07, 6.45) is 7.87. The van der Waals surface area contributed by atoms with Crippen molar-refractivity contribution >= 4 is 5.69 Å². The fraction of sp³-hybridized carbons (Fsp3) is 0.714. The Bertz CT molecular complexity index is 492. The molecule has 1 saturated heterocycles. The van der Waals surface area contributed by atoms with Gasteiger partial charge in [-0.15, -0.1) is 0 Å². The third kappa shape index (κ3) is 4.89. The average Bonchev–Trinajstić information content (AvgIpc) is 2.57. The van der Waals surface area contributed by atoms with Crippen LogP contribution in [0.2, 0.25) is 0 Å². The molecule has 3 heteroatoms. The van der Waals surface area contributed by atoms with Gasteiger partial charge in [0, 0.05) is 18.3 Å². The van der Waals surface area contributed by atoms with Gasteiger partial charge in [0.25, 0.3) is 0 Å². The van der Waals surface area contributed by atoms with E-state index in [0.717, 1.165) is 24.8 Å². The molecule has 24 heavy (non-hydrogen) atoms. The molecule has 3 nitrogen and oxygen atoms in total. The molecule has 2 fully saturated rings. The minimum atomic E-state index is 0.393. The van der Waals surface area contributed by atoms with Crippen LogP contribution in [-0.4, -0.2) is 25.2 Å². The monoisotopic (exact) mass is 330 g/mol. The van der Waals surface area contributed by atoms with Crippen molar-refractivity contribution in [3.05, 3.63) is 24.3 Å². The van der Waals surface area contributed by atoms with Crippen LogP contribution >= 0.6 is 0 Å². The van der Waals surface area contributed by atoms with Crippen LogP contribution in [0.1, 0.15) is 59.3 Å². The Morgan fingerprint density at radius 3 is 2.29 bits per heavy atom. The van der Waals surface area contributed by atoms with Crippen LogP contribution in [0.25, 0.3) is 0 Å². The molecule has 1 aromatic carbocycles. The first-order valence-electron chi connectivity index (χ1n) is 9.75. The van der Waals surface area contributed by atoms with Crippen molar-refractivity contribution in [1.29, 1.82) is 0 Å². The highest BCUT2D eigenvalue weighted by molar-refractivity contribution is 5.47. The molecule has 134 valence electrons. The lowest BCUT2D eigenvalue weighted by Crippen LogP contribution is -2.38. The van der Waals surface area contributed by atoms with Crippen LogP contribution < -0.4 is 15.4 Å². The molecule has 1 heterocycles. The second kappa shape index (κ2) is 7.77. The number of anilines is 1. The van der Waals surface area contributed by atoms with E-state index < -0.39 is 0 Å². The first-order valence-corrected chi connectivity index (χ1v) is 9.75. The maximum Gasteiger partial charge on any atom is 0.119 e. The molecule has 0 amide bonds. The van der Waals surface area contributed by atoms with E-state index in [9.17, 15) is 0 Å². The average molecular weight is 331 g/mol. The lowest BCUT2D eigenvalue weighted by Gasteiger charge is -2.37. The van der Waals surface area contributed by atoms with E-state index in [1.165, 1.54) is 44.2 Å². The van der Waals surface area contributed by atoms with Crippen LogP contribution in [0.3, 0.4) is 0 Å². The number of benzene rings is 1. The van der Waals surface area contributed by atoms with Gasteiger partial charge in [0.05, 0.1) is 6.10 Å². The molecule has 0 radical (unpaired) electrons. The summed E-state index contributed by atoms with van der Waals surface area (Å²) in [6.45, 7) is 9.32. The highest BCUT2D eigenvalue weighted by atomic mass is 16.5. The van der Waals surface area contributed by atoms with Gasteiger partial charge in [-0.05, 0) is 80.7 Å². The van der Waals surface area contributed by atoms with Gasteiger partial charge in [-0.3, -0.25) is 0 Å². The van der Waals surface area contributed by atoms with Gasteiger partial charge in [0.15, 0.2) is 0 Å². The molecule has 1 aromatic rings. The quantitative estimate of drug-likeness (QED) is 0.829. The first kappa shape index (κ1) is 17.6. The molecule has 1 saturated carbocycles. The van der Waals surface area contributed by atoms with E-state index in [4.69, 9.17) is 4.74 Å². The topological polar surface area (TPSA) is 33.3 Å². The molecule has 2 aliphatic rings. The van der Waals surface area contributed by atoms with Crippen molar-refractivity contribution in [2.75, 3.05) is 18.4 Å². The molecule has 0 aromatic heterocycles. The lowest BCUT2D eigenvalue weighted by molar-refractivity contribution is 0.0882. The number of ether oxygens (including phenoxy) is 1. The molecule has 1 unspecified atom stereocenters. The Kier molecular flexibility index (Phi) is 5.70. The molecule has 0 spiro atoms. The van der Waals surface area contributed by atoms with Crippen molar-refractivity contribution in [2.24, 2.45) is 11.3 Å². The largest absolute Gasteiger partial charge is 0.490 e. The van der Waals surface area contributed by atoms with Gasteiger partial charge < -0.3 is 15.4 Å². The predicted molar refractivity (Wildman–Crippen MR) is 102 cm³/mol. The Labute approximate surface area is 147 Å². The zero-order chi connectivity index (χ0) is 17.0. The molecular weight excluding hydrogens is 296 g/mol. The van der Waals surface area contributed by atoms with Crippen LogP contribution in [0, 0.1) is 11.3 Å². The van der Waals surface area contributed by atoms with E-state index in [1.807, 2.05) is 0 Å². The molecule has 2 N–H and O–H groups in total. The number of rotatable bonds is 4. The van der Waals surface area contributed by atoms with E-state index >= 15 is 0 Å². The van der Waals surface area contributed by atoms with Gasteiger partial charge in [0.1, 0.15) is 5.75 Å². The number of hydrogen-bond acceptors (Lipinski definition) is 3. The zero-order valence-corrected chi connectivity index (χ0v) is 15.6. The van der Waals surface area contributed by atoms with Crippen LogP contribution in [0.15, 0.2) is 24.3 Å². The maximum absolute atomic E-state index is 6.22. The van der Waals surface area contributed by atoms with Crippen molar-refractivity contribution in [3.8, 4) is 5.75 Å². The standard InChI is InChI=1S/C21H34N2O/c1-21(2,3)16-6-10-19(11-7-16)24-20-12-8-17(9-13-20)23-18-5-4-14-22-15-18/h8-9,12-13,16,18-19,22-23H,4-7,10-11,14-15H2,1-3H3/t16-,18?,19-.